The van der Waals surface area contributed by atoms with E-state index in [4.69, 9.17) is 4.42 Å². The normalized spacial score (nSPS) is 10.6. The van der Waals surface area contributed by atoms with Crippen LogP contribution in [0.2, 0.25) is 0 Å². The Kier molecular flexibility index (Phi) is 4.34. The summed E-state index contributed by atoms with van der Waals surface area (Å²) in [6, 6.07) is 13.8. The van der Waals surface area contributed by atoms with E-state index in [0.717, 1.165) is 24.3 Å². The summed E-state index contributed by atoms with van der Waals surface area (Å²) in [6.07, 6.45) is 1.66. The number of amides is 1. The number of carbonyl (C=O) groups excluding carboxylic acids is 1. The Labute approximate surface area is 132 Å². The van der Waals surface area contributed by atoms with Crippen molar-refractivity contribution in [2.24, 2.45) is 0 Å². The monoisotopic (exact) mass is 312 g/mol. The quantitative estimate of drug-likeness (QED) is 0.772. The first-order valence-corrected chi connectivity index (χ1v) is 7.95. The maximum Gasteiger partial charge on any atom is 0.293 e. The van der Waals surface area contributed by atoms with Crippen LogP contribution in [-0.4, -0.2) is 10.9 Å². The van der Waals surface area contributed by atoms with Crippen LogP contribution in [0.4, 0.5) is 5.13 Å². The summed E-state index contributed by atoms with van der Waals surface area (Å²) in [5.41, 5.74) is 2.14. The lowest BCUT2D eigenvalue weighted by atomic mass is 10.1. The summed E-state index contributed by atoms with van der Waals surface area (Å²) in [4.78, 5) is 16.3. The molecule has 1 amide bonds. The van der Waals surface area contributed by atoms with Crippen molar-refractivity contribution >= 4 is 22.4 Å². The molecule has 0 saturated carbocycles. The topological polar surface area (TPSA) is 55.1 Å². The van der Waals surface area contributed by atoms with Gasteiger partial charge in [0.15, 0.2) is 10.9 Å². The van der Waals surface area contributed by atoms with Crippen LogP contribution in [0.3, 0.4) is 0 Å². The molecule has 0 unspecified atom stereocenters. The first-order chi connectivity index (χ1) is 10.7. The van der Waals surface area contributed by atoms with Gasteiger partial charge in [0, 0.05) is 11.8 Å². The van der Waals surface area contributed by atoms with Crippen LogP contribution >= 0.6 is 11.3 Å². The third kappa shape index (κ3) is 3.62. The van der Waals surface area contributed by atoms with Gasteiger partial charge in [0.05, 0.1) is 5.69 Å². The standard InChI is InChI=1S/C17H16N2O2S/c1-12-11-22-17(18-12)19-16(20)15-10-9-14(21-15)8-7-13-5-3-2-4-6-13/h2-6,9-11H,7-8H2,1H3,(H,18,19,20). The second kappa shape index (κ2) is 6.58. The highest BCUT2D eigenvalue weighted by atomic mass is 32.1. The van der Waals surface area contributed by atoms with E-state index in [1.165, 1.54) is 16.9 Å². The van der Waals surface area contributed by atoms with E-state index < -0.39 is 0 Å². The van der Waals surface area contributed by atoms with Crippen LogP contribution < -0.4 is 5.32 Å². The average molecular weight is 312 g/mol. The van der Waals surface area contributed by atoms with Gasteiger partial charge in [-0.15, -0.1) is 11.3 Å². The number of aryl methyl sites for hydroxylation is 3. The fourth-order valence-electron chi connectivity index (χ4n) is 2.12. The lowest BCUT2D eigenvalue weighted by Gasteiger charge is -2.00. The highest BCUT2D eigenvalue weighted by Crippen LogP contribution is 2.17. The predicted octanol–water partition coefficient (Wildman–Crippen LogP) is 4.08. The maximum absolute atomic E-state index is 12.1. The highest BCUT2D eigenvalue weighted by Gasteiger charge is 2.13. The number of carbonyl (C=O) groups is 1. The van der Waals surface area contributed by atoms with Gasteiger partial charge < -0.3 is 4.42 Å². The number of aromatic nitrogens is 1. The zero-order chi connectivity index (χ0) is 15.4. The van der Waals surface area contributed by atoms with Crippen LogP contribution in [-0.2, 0) is 12.8 Å². The Bertz CT molecular complexity index is 762. The Balaban J connectivity index is 1.59. The van der Waals surface area contributed by atoms with Gasteiger partial charge in [-0.2, -0.15) is 0 Å². The molecule has 1 aromatic carbocycles. The number of rotatable bonds is 5. The van der Waals surface area contributed by atoms with Gasteiger partial charge in [0.25, 0.3) is 5.91 Å². The SMILES string of the molecule is Cc1csc(NC(=O)c2ccc(CCc3ccccc3)o2)n1. The van der Waals surface area contributed by atoms with Crippen molar-refractivity contribution in [3.05, 3.63) is 70.6 Å². The zero-order valence-electron chi connectivity index (χ0n) is 12.2. The van der Waals surface area contributed by atoms with Crippen molar-refractivity contribution in [3.8, 4) is 0 Å². The van der Waals surface area contributed by atoms with E-state index in [-0.39, 0.29) is 5.91 Å². The molecule has 3 rings (SSSR count). The lowest BCUT2D eigenvalue weighted by molar-refractivity contribution is 0.0995. The molecule has 5 heteroatoms. The van der Waals surface area contributed by atoms with E-state index in [2.05, 4.69) is 22.4 Å². The van der Waals surface area contributed by atoms with E-state index in [1.54, 1.807) is 6.07 Å². The molecular formula is C17H16N2O2S. The zero-order valence-corrected chi connectivity index (χ0v) is 13.0. The van der Waals surface area contributed by atoms with Gasteiger partial charge >= 0.3 is 0 Å². The number of nitrogens with one attached hydrogen (secondary N) is 1. The molecule has 2 aromatic heterocycles. The Morgan fingerprint density at radius 2 is 2.00 bits per heavy atom. The molecule has 112 valence electrons. The van der Waals surface area contributed by atoms with Crippen LogP contribution in [0.25, 0.3) is 0 Å². The molecule has 0 spiro atoms. The molecule has 4 nitrogen and oxygen atoms in total. The van der Waals surface area contributed by atoms with Gasteiger partial charge in [0.1, 0.15) is 5.76 Å². The number of benzene rings is 1. The molecule has 0 radical (unpaired) electrons. The van der Waals surface area contributed by atoms with Gasteiger partial charge in [-0.05, 0) is 31.0 Å². The van der Waals surface area contributed by atoms with Gasteiger partial charge in [-0.25, -0.2) is 4.98 Å². The second-order valence-corrected chi connectivity index (χ2v) is 5.86. The van der Waals surface area contributed by atoms with Crippen LogP contribution in [0.15, 0.2) is 52.3 Å². The molecule has 1 N–H and O–H groups in total. The fourth-order valence-corrected chi connectivity index (χ4v) is 2.80. The third-order valence-corrected chi connectivity index (χ3v) is 4.10. The summed E-state index contributed by atoms with van der Waals surface area (Å²) in [6.45, 7) is 1.89. The molecule has 0 saturated heterocycles. The molecule has 0 aliphatic rings. The fraction of sp³-hybridized carbons (Fsp3) is 0.176. The first kappa shape index (κ1) is 14.5. The molecule has 2 heterocycles. The van der Waals surface area contributed by atoms with E-state index in [0.29, 0.717) is 10.9 Å². The van der Waals surface area contributed by atoms with E-state index in [9.17, 15) is 4.79 Å². The first-order valence-electron chi connectivity index (χ1n) is 7.07. The molecule has 0 bridgehead atoms. The van der Waals surface area contributed by atoms with Crippen molar-refractivity contribution in [1.29, 1.82) is 0 Å². The minimum atomic E-state index is -0.264. The largest absolute Gasteiger partial charge is 0.456 e. The lowest BCUT2D eigenvalue weighted by Crippen LogP contribution is -2.10. The van der Waals surface area contributed by atoms with Crippen molar-refractivity contribution in [1.82, 2.24) is 4.98 Å². The smallest absolute Gasteiger partial charge is 0.293 e. The maximum atomic E-state index is 12.1. The van der Waals surface area contributed by atoms with E-state index >= 15 is 0 Å². The number of nitrogens with zero attached hydrogens (tertiary/aromatic N) is 1. The molecule has 3 aromatic rings. The van der Waals surface area contributed by atoms with Crippen molar-refractivity contribution in [3.63, 3.8) is 0 Å². The second-order valence-electron chi connectivity index (χ2n) is 5.00. The summed E-state index contributed by atoms with van der Waals surface area (Å²) in [5, 5.41) is 5.22. The highest BCUT2D eigenvalue weighted by molar-refractivity contribution is 7.13. The average Bonchev–Trinajstić information content (AvgIpc) is 3.15. The van der Waals surface area contributed by atoms with Gasteiger partial charge in [0.2, 0.25) is 0 Å². The Hall–Kier alpha value is -2.40. The summed E-state index contributed by atoms with van der Waals surface area (Å²) < 4.78 is 5.61. The molecule has 0 aliphatic heterocycles. The van der Waals surface area contributed by atoms with Crippen LogP contribution in [0, 0.1) is 6.92 Å². The van der Waals surface area contributed by atoms with E-state index in [1.807, 2.05) is 36.6 Å². The minimum Gasteiger partial charge on any atom is -0.456 e. The van der Waals surface area contributed by atoms with Crippen LogP contribution in [0.5, 0.6) is 0 Å². The van der Waals surface area contributed by atoms with Crippen molar-refractivity contribution < 1.29 is 9.21 Å². The molecule has 0 aliphatic carbocycles. The predicted molar refractivity (Wildman–Crippen MR) is 87.4 cm³/mol. The minimum absolute atomic E-state index is 0.264. The molecule has 22 heavy (non-hydrogen) atoms. The molecule has 0 atom stereocenters. The summed E-state index contributed by atoms with van der Waals surface area (Å²) in [7, 11) is 0. The number of thiazole rings is 1. The van der Waals surface area contributed by atoms with Crippen molar-refractivity contribution in [2.75, 3.05) is 5.32 Å². The van der Waals surface area contributed by atoms with Crippen molar-refractivity contribution in [2.45, 2.75) is 19.8 Å². The van der Waals surface area contributed by atoms with Gasteiger partial charge in [-0.1, -0.05) is 30.3 Å². The summed E-state index contributed by atoms with van der Waals surface area (Å²) >= 11 is 1.40. The number of hydrogen-bond donors (Lipinski definition) is 1. The molecule has 0 fully saturated rings. The Morgan fingerprint density at radius 1 is 1.18 bits per heavy atom. The number of hydrogen-bond acceptors (Lipinski definition) is 4. The Morgan fingerprint density at radius 3 is 2.73 bits per heavy atom. The summed E-state index contributed by atoms with van der Waals surface area (Å²) in [5.74, 6) is 0.862. The van der Waals surface area contributed by atoms with Gasteiger partial charge in [-0.3, -0.25) is 10.1 Å². The molecular weight excluding hydrogens is 296 g/mol. The number of furan rings is 1. The number of anilines is 1. The van der Waals surface area contributed by atoms with Crippen LogP contribution in [0.1, 0.15) is 27.6 Å². The third-order valence-electron chi connectivity index (χ3n) is 3.23.